The number of carbonyl (C=O) groups is 2. The predicted octanol–water partition coefficient (Wildman–Crippen LogP) is 2.40. The number of Topliss-reactive ketones (excluding diaryl/α,β-unsaturated/α-hetero) is 1. The van der Waals surface area contributed by atoms with Crippen LogP contribution in [0.1, 0.15) is 50.3 Å². The zero-order valence-corrected chi connectivity index (χ0v) is 13.8. The molecule has 4 rings (SSSR count). The molecule has 0 radical (unpaired) electrons. The number of ketones is 1. The summed E-state index contributed by atoms with van der Waals surface area (Å²) in [6.07, 6.45) is 3.82. The maximum Gasteiger partial charge on any atom is 0.261 e. The van der Waals surface area contributed by atoms with Crippen molar-refractivity contribution in [3.63, 3.8) is 0 Å². The van der Waals surface area contributed by atoms with E-state index in [1.54, 1.807) is 24.5 Å². The summed E-state index contributed by atoms with van der Waals surface area (Å²) in [5, 5.41) is 2.62. The molecule has 7 nitrogen and oxygen atoms in total. The molecule has 0 aliphatic heterocycles. The average molecular weight is 352 g/mol. The Labute approximate surface area is 148 Å². The highest BCUT2D eigenvalue weighted by Crippen LogP contribution is 2.31. The van der Waals surface area contributed by atoms with E-state index >= 15 is 0 Å². The van der Waals surface area contributed by atoms with Crippen molar-refractivity contribution in [2.24, 2.45) is 0 Å². The third kappa shape index (κ3) is 2.99. The van der Waals surface area contributed by atoms with Gasteiger partial charge in [0.05, 0.1) is 19.1 Å². The van der Waals surface area contributed by atoms with Crippen LogP contribution in [-0.2, 0) is 13.0 Å². The van der Waals surface area contributed by atoms with Crippen molar-refractivity contribution in [3.8, 4) is 0 Å². The van der Waals surface area contributed by atoms with Gasteiger partial charge in [-0.2, -0.15) is 0 Å². The van der Waals surface area contributed by atoms with Crippen LogP contribution in [0.5, 0.6) is 0 Å². The van der Waals surface area contributed by atoms with Crippen LogP contribution in [-0.4, -0.2) is 16.7 Å². The summed E-state index contributed by atoms with van der Waals surface area (Å²) in [6, 6.07) is 8.39. The van der Waals surface area contributed by atoms with Gasteiger partial charge in [0.1, 0.15) is 17.1 Å². The van der Waals surface area contributed by atoms with E-state index in [-0.39, 0.29) is 30.2 Å². The fourth-order valence-corrected chi connectivity index (χ4v) is 3.20. The van der Waals surface area contributed by atoms with Crippen LogP contribution in [0.25, 0.3) is 0 Å². The normalized spacial score (nSPS) is 16.3. The van der Waals surface area contributed by atoms with Gasteiger partial charge in [0.15, 0.2) is 5.78 Å². The summed E-state index contributed by atoms with van der Waals surface area (Å²) in [5.41, 5.74) is 0.319. The Balaban J connectivity index is 1.58. The number of hydrogen-bond acceptors (Lipinski definition) is 5. The van der Waals surface area contributed by atoms with Gasteiger partial charge in [-0.3, -0.25) is 14.4 Å². The smallest absolute Gasteiger partial charge is 0.261 e. The van der Waals surface area contributed by atoms with Gasteiger partial charge >= 0.3 is 0 Å². The molecule has 3 heterocycles. The first-order chi connectivity index (χ1) is 12.6. The number of hydrogen-bond donors (Lipinski definition) is 2. The Kier molecular flexibility index (Phi) is 4.04. The van der Waals surface area contributed by atoms with Gasteiger partial charge in [0, 0.05) is 23.6 Å². The molecule has 0 aromatic carbocycles. The Bertz CT molecular complexity index is 999. The van der Waals surface area contributed by atoms with Crippen molar-refractivity contribution in [2.75, 3.05) is 0 Å². The molecule has 0 unspecified atom stereocenters. The number of rotatable bonds is 4. The molecule has 0 saturated heterocycles. The number of aromatic nitrogens is 1. The van der Waals surface area contributed by atoms with Crippen LogP contribution >= 0.6 is 0 Å². The molecule has 2 N–H and O–H groups in total. The van der Waals surface area contributed by atoms with Gasteiger partial charge in [0.2, 0.25) is 0 Å². The number of pyridine rings is 1. The first kappa shape index (κ1) is 16.1. The lowest BCUT2D eigenvalue weighted by atomic mass is 9.84. The third-order valence-corrected chi connectivity index (χ3v) is 4.50. The molecule has 7 heteroatoms. The molecule has 0 saturated carbocycles. The number of H-pyrrole nitrogens is 1. The SMILES string of the molecule is O=C1C[C@@H](c2ccco2)Cc2[nH]c(=O)c(C(=O)NCc3ccco3)cc21. The van der Waals surface area contributed by atoms with E-state index in [0.29, 0.717) is 29.2 Å². The molecule has 1 aliphatic carbocycles. The largest absolute Gasteiger partial charge is 0.469 e. The van der Waals surface area contributed by atoms with E-state index in [1.807, 2.05) is 6.07 Å². The van der Waals surface area contributed by atoms with Crippen LogP contribution in [0, 0.1) is 0 Å². The van der Waals surface area contributed by atoms with Crippen molar-refractivity contribution in [2.45, 2.75) is 25.3 Å². The Morgan fingerprint density at radius 1 is 1.15 bits per heavy atom. The van der Waals surface area contributed by atoms with Crippen LogP contribution in [0.4, 0.5) is 0 Å². The van der Waals surface area contributed by atoms with Crippen molar-refractivity contribution in [1.82, 2.24) is 10.3 Å². The molecular weight excluding hydrogens is 336 g/mol. The minimum absolute atomic E-state index is 0.0832. The zero-order chi connectivity index (χ0) is 18.1. The lowest BCUT2D eigenvalue weighted by Crippen LogP contribution is -2.32. The minimum atomic E-state index is -0.550. The molecule has 1 atom stereocenters. The van der Waals surface area contributed by atoms with Gasteiger partial charge < -0.3 is 19.1 Å². The maximum absolute atomic E-state index is 12.5. The van der Waals surface area contributed by atoms with Crippen molar-refractivity contribution in [1.29, 1.82) is 0 Å². The maximum atomic E-state index is 12.5. The summed E-state index contributed by atoms with van der Waals surface area (Å²) in [6.45, 7) is 0.164. The highest BCUT2D eigenvalue weighted by atomic mass is 16.3. The number of carbonyl (C=O) groups excluding carboxylic acids is 2. The molecule has 0 spiro atoms. The fraction of sp³-hybridized carbons (Fsp3) is 0.211. The van der Waals surface area contributed by atoms with E-state index in [2.05, 4.69) is 10.3 Å². The standard InChI is InChI=1S/C19H16N2O5/c22-16-8-11(17-4-2-6-26-17)7-15-13(16)9-14(19(24)21-15)18(23)20-10-12-3-1-5-25-12/h1-6,9,11H,7-8,10H2,(H,20,23)(H,21,24)/t11-/m0/s1. The molecule has 26 heavy (non-hydrogen) atoms. The topological polar surface area (TPSA) is 105 Å². The van der Waals surface area contributed by atoms with Crippen molar-refractivity contribution >= 4 is 11.7 Å². The fourth-order valence-electron chi connectivity index (χ4n) is 3.20. The van der Waals surface area contributed by atoms with Crippen LogP contribution in [0.2, 0.25) is 0 Å². The van der Waals surface area contributed by atoms with Crippen LogP contribution < -0.4 is 10.9 Å². The molecule has 1 amide bonds. The van der Waals surface area contributed by atoms with E-state index < -0.39 is 11.5 Å². The Morgan fingerprint density at radius 2 is 1.96 bits per heavy atom. The van der Waals surface area contributed by atoms with Gasteiger partial charge in [0.25, 0.3) is 11.5 Å². The summed E-state index contributed by atoms with van der Waals surface area (Å²) >= 11 is 0. The highest BCUT2D eigenvalue weighted by molar-refractivity contribution is 6.02. The van der Waals surface area contributed by atoms with Crippen molar-refractivity contribution in [3.05, 3.63) is 81.6 Å². The second-order valence-electron chi connectivity index (χ2n) is 6.21. The first-order valence-corrected chi connectivity index (χ1v) is 8.25. The van der Waals surface area contributed by atoms with E-state index in [1.165, 1.54) is 12.3 Å². The third-order valence-electron chi connectivity index (χ3n) is 4.50. The first-order valence-electron chi connectivity index (χ1n) is 8.25. The Morgan fingerprint density at radius 3 is 2.69 bits per heavy atom. The summed E-state index contributed by atoms with van der Waals surface area (Å²) in [7, 11) is 0. The van der Waals surface area contributed by atoms with E-state index in [0.717, 1.165) is 0 Å². The summed E-state index contributed by atoms with van der Waals surface area (Å²) in [5.74, 6) is 0.505. The zero-order valence-electron chi connectivity index (χ0n) is 13.8. The van der Waals surface area contributed by atoms with Gasteiger partial charge in [-0.05, 0) is 36.8 Å². The Hall–Kier alpha value is -3.35. The van der Waals surface area contributed by atoms with Gasteiger partial charge in [-0.25, -0.2) is 0 Å². The lowest BCUT2D eigenvalue weighted by molar-refractivity contribution is 0.0946. The van der Waals surface area contributed by atoms with E-state index in [4.69, 9.17) is 8.83 Å². The lowest BCUT2D eigenvalue weighted by Gasteiger charge is -2.22. The minimum Gasteiger partial charge on any atom is -0.469 e. The second-order valence-corrected chi connectivity index (χ2v) is 6.21. The monoisotopic (exact) mass is 352 g/mol. The van der Waals surface area contributed by atoms with Crippen LogP contribution in [0.15, 0.2) is 56.5 Å². The number of fused-ring (bicyclic) bond motifs is 1. The molecule has 0 fully saturated rings. The van der Waals surface area contributed by atoms with Gasteiger partial charge in [-0.15, -0.1) is 0 Å². The predicted molar refractivity (Wildman–Crippen MR) is 91.0 cm³/mol. The number of nitrogens with one attached hydrogen (secondary N) is 2. The van der Waals surface area contributed by atoms with Crippen molar-refractivity contribution < 1.29 is 18.4 Å². The second kappa shape index (κ2) is 6.51. The molecule has 3 aromatic rings. The highest BCUT2D eigenvalue weighted by Gasteiger charge is 2.30. The quantitative estimate of drug-likeness (QED) is 0.750. The number of amides is 1. The summed E-state index contributed by atoms with van der Waals surface area (Å²) < 4.78 is 10.5. The molecule has 132 valence electrons. The van der Waals surface area contributed by atoms with Crippen LogP contribution in [0.3, 0.4) is 0 Å². The number of furan rings is 2. The van der Waals surface area contributed by atoms with Gasteiger partial charge in [-0.1, -0.05) is 0 Å². The van der Waals surface area contributed by atoms with E-state index in [9.17, 15) is 14.4 Å². The molecule has 0 bridgehead atoms. The molecule has 3 aromatic heterocycles. The molecular formula is C19H16N2O5. The molecule has 1 aliphatic rings. The summed E-state index contributed by atoms with van der Waals surface area (Å²) in [4.78, 5) is 39.8. The number of aromatic amines is 1. The average Bonchev–Trinajstić information content (AvgIpc) is 3.32.